The van der Waals surface area contributed by atoms with Gasteiger partial charge in [0.25, 0.3) is 0 Å². The van der Waals surface area contributed by atoms with Gasteiger partial charge < -0.3 is 9.47 Å². The van der Waals surface area contributed by atoms with E-state index in [2.05, 4.69) is 25.1 Å². The molecule has 0 aromatic carbocycles. The molecule has 1 aliphatic heterocycles. The van der Waals surface area contributed by atoms with Crippen LogP contribution in [0.15, 0.2) is 6.20 Å². The van der Waals surface area contributed by atoms with Gasteiger partial charge in [0.2, 0.25) is 5.88 Å². The Hall–Kier alpha value is -1.03. The minimum atomic E-state index is 0.381. The first-order valence-corrected chi connectivity index (χ1v) is 5.43. The fourth-order valence-corrected chi connectivity index (χ4v) is 1.86. The maximum atomic E-state index is 5.35. The Morgan fingerprint density at radius 1 is 1.60 bits per heavy atom. The molecule has 1 atom stereocenters. The highest BCUT2D eigenvalue weighted by atomic mass is 16.5. The molecule has 0 saturated carbocycles. The van der Waals surface area contributed by atoms with Gasteiger partial charge in [0.05, 0.1) is 19.8 Å². The molecule has 1 fully saturated rings. The molecule has 4 nitrogen and oxygen atoms in total. The Bertz CT molecular complexity index is 327. The van der Waals surface area contributed by atoms with Crippen LogP contribution in [0.1, 0.15) is 37.8 Å². The van der Waals surface area contributed by atoms with E-state index in [-0.39, 0.29) is 0 Å². The molecule has 1 unspecified atom stereocenters. The Balaban J connectivity index is 2.25. The van der Waals surface area contributed by atoms with Gasteiger partial charge in [0.1, 0.15) is 0 Å². The zero-order valence-corrected chi connectivity index (χ0v) is 9.56. The predicted molar refractivity (Wildman–Crippen MR) is 57.3 cm³/mol. The summed E-state index contributed by atoms with van der Waals surface area (Å²) in [7, 11) is 1.67. The molecule has 1 aromatic heterocycles. The lowest BCUT2D eigenvalue weighted by Crippen LogP contribution is -2.09. The van der Waals surface area contributed by atoms with Crippen molar-refractivity contribution in [1.82, 2.24) is 9.78 Å². The third-order valence-corrected chi connectivity index (χ3v) is 2.82. The van der Waals surface area contributed by atoms with Crippen molar-refractivity contribution in [3.05, 3.63) is 11.8 Å². The molecule has 2 rings (SSSR count). The fraction of sp³-hybridized carbons (Fsp3) is 0.727. The summed E-state index contributed by atoms with van der Waals surface area (Å²) in [6.45, 7) is 5.90. The molecular formula is C11H18N2O2. The van der Waals surface area contributed by atoms with Crippen LogP contribution in [-0.4, -0.2) is 30.1 Å². The maximum Gasteiger partial charge on any atom is 0.235 e. The lowest BCUT2D eigenvalue weighted by molar-refractivity contribution is 0.184. The Labute approximate surface area is 90.2 Å². The molecule has 15 heavy (non-hydrogen) atoms. The summed E-state index contributed by atoms with van der Waals surface area (Å²) < 4.78 is 12.6. The van der Waals surface area contributed by atoms with Gasteiger partial charge >= 0.3 is 0 Å². The minimum Gasteiger partial charge on any atom is -0.480 e. The summed E-state index contributed by atoms with van der Waals surface area (Å²) in [5.41, 5.74) is 1.17. The second kappa shape index (κ2) is 4.23. The van der Waals surface area contributed by atoms with Gasteiger partial charge in [-0.05, 0) is 12.3 Å². The summed E-state index contributed by atoms with van der Waals surface area (Å²) in [4.78, 5) is 0. The summed E-state index contributed by atoms with van der Waals surface area (Å²) in [5, 5.41) is 4.45. The molecule has 0 amide bonds. The van der Waals surface area contributed by atoms with E-state index in [9.17, 15) is 0 Å². The molecule has 4 heteroatoms. The van der Waals surface area contributed by atoms with Crippen LogP contribution < -0.4 is 4.74 Å². The van der Waals surface area contributed by atoms with Crippen LogP contribution in [0.25, 0.3) is 0 Å². The Morgan fingerprint density at radius 3 is 2.87 bits per heavy atom. The SMILES string of the molecule is COc1nn(C2CCOC2)cc1C(C)C. The molecule has 1 aliphatic rings. The second-order valence-electron chi connectivity index (χ2n) is 4.25. The Kier molecular flexibility index (Phi) is 2.95. The van der Waals surface area contributed by atoms with E-state index in [1.807, 2.05) is 4.68 Å². The van der Waals surface area contributed by atoms with Crippen LogP contribution in [0.3, 0.4) is 0 Å². The van der Waals surface area contributed by atoms with Crippen LogP contribution in [0.5, 0.6) is 5.88 Å². The number of hydrogen-bond acceptors (Lipinski definition) is 3. The summed E-state index contributed by atoms with van der Waals surface area (Å²) in [6.07, 6.45) is 3.13. The van der Waals surface area contributed by atoms with Crippen LogP contribution in [-0.2, 0) is 4.74 Å². The number of methoxy groups -OCH3 is 1. The van der Waals surface area contributed by atoms with Crippen molar-refractivity contribution in [2.45, 2.75) is 32.2 Å². The number of rotatable bonds is 3. The minimum absolute atomic E-state index is 0.381. The van der Waals surface area contributed by atoms with Crippen molar-refractivity contribution in [1.29, 1.82) is 0 Å². The molecule has 2 heterocycles. The number of hydrogen-bond donors (Lipinski definition) is 0. The zero-order chi connectivity index (χ0) is 10.8. The molecule has 0 bridgehead atoms. The van der Waals surface area contributed by atoms with Crippen molar-refractivity contribution in [2.75, 3.05) is 20.3 Å². The van der Waals surface area contributed by atoms with Crippen molar-refractivity contribution < 1.29 is 9.47 Å². The van der Waals surface area contributed by atoms with Crippen molar-refractivity contribution in [2.24, 2.45) is 0 Å². The van der Waals surface area contributed by atoms with E-state index in [1.54, 1.807) is 7.11 Å². The molecule has 0 aliphatic carbocycles. The average molecular weight is 210 g/mol. The van der Waals surface area contributed by atoms with Gasteiger partial charge in [-0.1, -0.05) is 13.8 Å². The predicted octanol–water partition coefficient (Wildman–Crippen LogP) is 1.98. The van der Waals surface area contributed by atoms with Gasteiger partial charge in [0, 0.05) is 18.4 Å². The summed E-state index contributed by atoms with van der Waals surface area (Å²) >= 11 is 0. The highest BCUT2D eigenvalue weighted by molar-refractivity contribution is 5.26. The van der Waals surface area contributed by atoms with Gasteiger partial charge in [-0.25, -0.2) is 0 Å². The quantitative estimate of drug-likeness (QED) is 0.765. The van der Waals surface area contributed by atoms with E-state index in [1.165, 1.54) is 5.56 Å². The molecule has 1 aromatic rings. The maximum absolute atomic E-state index is 5.35. The third kappa shape index (κ3) is 2.00. The summed E-state index contributed by atoms with van der Waals surface area (Å²) in [6, 6.07) is 0.381. The normalized spacial score (nSPS) is 21.2. The number of aromatic nitrogens is 2. The second-order valence-corrected chi connectivity index (χ2v) is 4.25. The van der Waals surface area contributed by atoms with E-state index in [4.69, 9.17) is 9.47 Å². The van der Waals surface area contributed by atoms with Gasteiger partial charge in [0.15, 0.2) is 0 Å². The number of nitrogens with zero attached hydrogens (tertiary/aromatic N) is 2. The topological polar surface area (TPSA) is 36.3 Å². The first-order chi connectivity index (χ1) is 7.22. The lowest BCUT2D eigenvalue weighted by Gasteiger charge is -2.06. The number of ether oxygens (including phenoxy) is 2. The smallest absolute Gasteiger partial charge is 0.235 e. The van der Waals surface area contributed by atoms with E-state index >= 15 is 0 Å². The monoisotopic (exact) mass is 210 g/mol. The third-order valence-electron chi connectivity index (χ3n) is 2.82. The van der Waals surface area contributed by atoms with E-state index < -0.39 is 0 Å². The largest absolute Gasteiger partial charge is 0.480 e. The molecule has 0 N–H and O–H groups in total. The lowest BCUT2D eigenvalue weighted by atomic mass is 10.1. The first-order valence-electron chi connectivity index (χ1n) is 5.43. The van der Waals surface area contributed by atoms with Gasteiger partial charge in [-0.3, -0.25) is 4.68 Å². The van der Waals surface area contributed by atoms with E-state index in [0.29, 0.717) is 12.0 Å². The highest BCUT2D eigenvalue weighted by Crippen LogP contribution is 2.28. The molecule has 84 valence electrons. The van der Waals surface area contributed by atoms with Crippen LogP contribution in [0.2, 0.25) is 0 Å². The Morgan fingerprint density at radius 2 is 2.40 bits per heavy atom. The van der Waals surface area contributed by atoms with Crippen LogP contribution in [0, 0.1) is 0 Å². The summed E-state index contributed by atoms with van der Waals surface area (Å²) in [5.74, 6) is 1.19. The van der Waals surface area contributed by atoms with E-state index in [0.717, 1.165) is 25.5 Å². The molecule has 1 saturated heterocycles. The highest BCUT2D eigenvalue weighted by Gasteiger charge is 2.21. The van der Waals surface area contributed by atoms with Crippen molar-refractivity contribution >= 4 is 0 Å². The molecule has 0 radical (unpaired) electrons. The fourth-order valence-electron chi connectivity index (χ4n) is 1.86. The van der Waals surface area contributed by atoms with Gasteiger partial charge in [-0.2, -0.15) is 0 Å². The van der Waals surface area contributed by atoms with Gasteiger partial charge in [-0.15, -0.1) is 5.10 Å². The van der Waals surface area contributed by atoms with Crippen LogP contribution >= 0.6 is 0 Å². The standard InChI is InChI=1S/C11H18N2O2/c1-8(2)10-6-13(12-11(10)14-3)9-4-5-15-7-9/h6,8-9H,4-5,7H2,1-3H3. The average Bonchev–Trinajstić information content (AvgIpc) is 2.86. The van der Waals surface area contributed by atoms with Crippen LogP contribution in [0.4, 0.5) is 0 Å². The molecular weight excluding hydrogens is 192 g/mol. The van der Waals surface area contributed by atoms with Crippen molar-refractivity contribution in [3.63, 3.8) is 0 Å². The molecule has 0 spiro atoms. The zero-order valence-electron chi connectivity index (χ0n) is 9.56. The van der Waals surface area contributed by atoms with Crippen molar-refractivity contribution in [3.8, 4) is 5.88 Å². The first kappa shape index (κ1) is 10.5.